The van der Waals surface area contributed by atoms with E-state index in [1.54, 1.807) is 30.3 Å². The van der Waals surface area contributed by atoms with Crippen LogP contribution in [0.25, 0.3) is 6.08 Å². The minimum absolute atomic E-state index is 0.464. The average Bonchev–Trinajstić information content (AvgIpc) is 2.67. The van der Waals surface area contributed by atoms with Crippen LogP contribution in [0.2, 0.25) is 0 Å². The molecule has 132 valence electrons. The van der Waals surface area contributed by atoms with Crippen molar-refractivity contribution in [3.05, 3.63) is 101 Å². The molecule has 0 fully saturated rings. The smallest absolute Gasteiger partial charge is 0.255 e. The van der Waals surface area contributed by atoms with Crippen molar-refractivity contribution in [2.75, 3.05) is 4.72 Å². The van der Waals surface area contributed by atoms with Gasteiger partial charge >= 0.3 is 0 Å². The third-order valence-corrected chi connectivity index (χ3v) is 4.62. The van der Waals surface area contributed by atoms with E-state index in [2.05, 4.69) is 4.72 Å². The van der Waals surface area contributed by atoms with Gasteiger partial charge in [-0.2, -0.15) is 0 Å². The first kappa shape index (κ1) is 17.8. The lowest BCUT2D eigenvalue weighted by molar-refractivity contribution is 0.306. The monoisotopic (exact) mass is 365 g/mol. The van der Waals surface area contributed by atoms with Crippen molar-refractivity contribution in [2.24, 2.45) is 0 Å². The van der Waals surface area contributed by atoms with Crippen LogP contribution in [0.3, 0.4) is 0 Å². The van der Waals surface area contributed by atoms with Gasteiger partial charge in [0.05, 0.1) is 5.41 Å². The Morgan fingerprint density at radius 3 is 2.08 bits per heavy atom. The first-order chi connectivity index (χ1) is 12.6. The molecule has 0 heterocycles. The summed E-state index contributed by atoms with van der Waals surface area (Å²) < 4.78 is 32.5. The van der Waals surface area contributed by atoms with Gasteiger partial charge in [-0.25, -0.2) is 8.42 Å². The number of sulfonamides is 1. The molecule has 0 amide bonds. The van der Waals surface area contributed by atoms with Crippen molar-refractivity contribution in [3.8, 4) is 5.75 Å². The van der Waals surface area contributed by atoms with Gasteiger partial charge in [0.1, 0.15) is 12.4 Å². The maximum atomic E-state index is 12.1. The molecular formula is C21H19NO3S. The van der Waals surface area contributed by atoms with Gasteiger partial charge in [0.15, 0.2) is 0 Å². The van der Waals surface area contributed by atoms with Gasteiger partial charge in [-0.1, -0.05) is 60.7 Å². The van der Waals surface area contributed by atoms with Crippen molar-refractivity contribution in [1.82, 2.24) is 0 Å². The van der Waals surface area contributed by atoms with Crippen molar-refractivity contribution in [2.45, 2.75) is 6.61 Å². The van der Waals surface area contributed by atoms with Crippen molar-refractivity contribution in [1.29, 1.82) is 0 Å². The topological polar surface area (TPSA) is 55.4 Å². The number of ether oxygens (including phenoxy) is 1. The van der Waals surface area contributed by atoms with Crippen molar-refractivity contribution >= 4 is 21.8 Å². The minimum Gasteiger partial charge on any atom is -0.489 e. The maximum Gasteiger partial charge on any atom is 0.255 e. The van der Waals surface area contributed by atoms with Gasteiger partial charge in [-0.3, -0.25) is 4.72 Å². The summed E-state index contributed by atoms with van der Waals surface area (Å²) in [6.07, 6.45) is 1.56. The quantitative estimate of drug-likeness (QED) is 0.661. The minimum atomic E-state index is -3.57. The highest BCUT2D eigenvalue weighted by atomic mass is 32.2. The van der Waals surface area contributed by atoms with E-state index in [-0.39, 0.29) is 0 Å². The first-order valence-electron chi connectivity index (χ1n) is 8.13. The summed E-state index contributed by atoms with van der Waals surface area (Å²) in [5.41, 5.74) is 2.38. The normalized spacial score (nSPS) is 11.4. The fourth-order valence-electron chi connectivity index (χ4n) is 2.29. The van der Waals surface area contributed by atoms with Crippen LogP contribution < -0.4 is 9.46 Å². The van der Waals surface area contributed by atoms with Gasteiger partial charge in [-0.05, 0) is 41.5 Å². The number of benzene rings is 3. The molecule has 0 saturated carbocycles. The van der Waals surface area contributed by atoms with E-state index in [0.717, 1.165) is 16.5 Å². The SMILES string of the molecule is O=S(=O)(/C=C/c1ccccc1)Nc1ccc(OCc2ccccc2)cc1. The van der Waals surface area contributed by atoms with Gasteiger partial charge in [0.2, 0.25) is 0 Å². The lowest BCUT2D eigenvalue weighted by atomic mass is 10.2. The van der Waals surface area contributed by atoms with Gasteiger partial charge in [0.25, 0.3) is 10.0 Å². The molecule has 0 aliphatic carbocycles. The lowest BCUT2D eigenvalue weighted by Gasteiger charge is -2.08. The molecule has 0 spiro atoms. The summed E-state index contributed by atoms with van der Waals surface area (Å²) in [6, 6.07) is 25.9. The van der Waals surface area contributed by atoms with E-state index in [1.807, 2.05) is 60.7 Å². The Morgan fingerprint density at radius 1 is 0.808 bits per heavy atom. The van der Waals surface area contributed by atoms with Crippen LogP contribution in [0.1, 0.15) is 11.1 Å². The zero-order valence-electron chi connectivity index (χ0n) is 14.1. The number of hydrogen-bond acceptors (Lipinski definition) is 3. The molecule has 5 heteroatoms. The number of nitrogens with one attached hydrogen (secondary N) is 1. The summed E-state index contributed by atoms with van der Waals surface area (Å²) in [7, 11) is -3.57. The molecule has 1 N–H and O–H groups in total. The lowest BCUT2D eigenvalue weighted by Crippen LogP contribution is -2.08. The molecule has 0 bridgehead atoms. The highest BCUT2D eigenvalue weighted by Gasteiger charge is 2.06. The summed E-state index contributed by atoms with van der Waals surface area (Å²) in [6.45, 7) is 0.464. The van der Waals surface area contributed by atoms with Gasteiger partial charge in [-0.15, -0.1) is 0 Å². The second-order valence-electron chi connectivity index (χ2n) is 5.66. The second kappa shape index (κ2) is 8.36. The average molecular weight is 365 g/mol. The molecule has 0 saturated heterocycles. The zero-order valence-corrected chi connectivity index (χ0v) is 14.9. The number of rotatable bonds is 7. The summed E-state index contributed by atoms with van der Waals surface area (Å²) in [4.78, 5) is 0. The molecule has 0 radical (unpaired) electrons. The maximum absolute atomic E-state index is 12.1. The molecule has 0 aliphatic heterocycles. The van der Waals surface area contributed by atoms with Crippen LogP contribution in [-0.4, -0.2) is 8.42 Å². The predicted molar refractivity (Wildman–Crippen MR) is 105 cm³/mol. The van der Waals surface area contributed by atoms with E-state index in [0.29, 0.717) is 18.0 Å². The molecule has 0 atom stereocenters. The predicted octanol–water partition coefficient (Wildman–Crippen LogP) is 4.68. The third kappa shape index (κ3) is 5.50. The second-order valence-corrected chi connectivity index (χ2v) is 7.23. The van der Waals surface area contributed by atoms with Crippen LogP contribution in [0, 0.1) is 0 Å². The van der Waals surface area contributed by atoms with Crippen LogP contribution in [0.15, 0.2) is 90.3 Å². The Morgan fingerprint density at radius 2 is 1.42 bits per heavy atom. The molecular weight excluding hydrogens is 346 g/mol. The fourth-order valence-corrected chi connectivity index (χ4v) is 3.16. The van der Waals surface area contributed by atoms with Gasteiger partial charge < -0.3 is 4.74 Å². The fraction of sp³-hybridized carbons (Fsp3) is 0.0476. The van der Waals surface area contributed by atoms with E-state index in [4.69, 9.17) is 4.74 Å². The van der Waals surface area contributed by atoms with Crippen LogP contribution in [0.4, 0.5) is 5.69 Å². The largest absolute Gasteiger partial charge is 0.489 e. The molecule has 0 aliphatic rings. The summed E-state index contributed by atoms with van der Waals surface area (Å²) in [5.74, 6) is 0.677. The summed E-state index contributed by atoms with van der Waals surface area (Å²) in [5, 5.41) is 1.15. The van der Waals surface area contributed by atoms with Crippen LogP contribution >= 0.6 is 0 Å². The van der Waals surface area contributed by atoms with Crippen LogP contribution in [0.5, 0.6) is 5.75 Å². The van der Waals surface area contributed by atoms with Gasteiger partial charge in [0, 0.05) is 5.69 Å². The molecule has 3 aromatic carbocycles. The molecule has 0 aromatic heterocycles. The van der Waals surface area contributed by atoms with Crippen LogP contribution in [-0.2, 0) is 16.6 Å². The van der Waals surface area contributed by atoms with E-state index in [1.165, 1.54) is 0 Å². The highest BCUT2D eigenvalue weighted by Crippen LogP contribution is 2.18. The standard InChI is InChI=1S/C21H19NO3S/c23-26(24,16-15-18-7-3-1-4-8-18)22-20-11-13-21(14-12-20)25-17-19-9-5-2-6-10-19/h1-16,22H,17H2/b16-15+. The Balaban J connectivity index is 1.59. The molecule has 0 unspecified atom stereocenters. The van der Waals surface area contributed by atoms with E-state index < -0.39 is 10.0 Å². The molecule has 4 nitrogen and oxygen atoms in total. The molecule has 3 rings (SSSR count). The Kier molecular flexibility index (Phi) is 5.71. The summed E-state index contributed by atoms with van der Waals surface area (Å²) >= 11 is 0. The Hall–Kier alpha value is -3.05. The first-order valence-corrected chi connectivity index (χ1v) is 9.68. The molecule has 26 heavy (non-hydrogen) atoms. The van der Waals surface area contributed by atoms with E-state index >= 15 is 0 Å². The van der Waals surface area contributed by atoms with Crippen molar-refractivity contribution in [3.63, 3.8) is 0 Å². The third-order valence-electron chi connectivity index (χ3n) is 3.60. The zero-order chi connectivity index (χ0) is 18.2. The Labute approximate surface area is 153 Å². The number of anilines is 1. The highest BCUT2D eigenvalue weighted by molar-refractivity contribution is 7.95. The Bertz CT molecular complexity index is 951. The van der Waals surface area contributed by atoms with Crippen molar-refractivity contribution < 1.29 is 13.2 Å². The number of hydrogen-bond donors (Lipinski definition) is 1. The molecule has 3 aromatic rings. The van der Waals surface area contributed by atoms with E-state index in [9.17, 15) is 8.42 Å².